The Bertz CT molecular complexity index is 1260. The maximum atomic E-state index is 13.1. The van der Waals surface area contributed by atoms with Crippen LogP contribution in [0.25, 0.3) is 11.1 Å². The van der Waals surface area contributed by atoms with Crippen LogP contribution in [0.4, 0.5) is 10.6 Å². The lowest BCUT2D eigenvalue weighted by Crippen LogP contribution is -2.40. The number of nitrogens with zero attached hydrogens (tertiary/aromatic N) is 2. The summed E-state index contributed by atoms with van der Waals surface area (Å²) < 4.78 is 0. The zero-order valence-corrected chi connectivity index (χ0v) is 21.1. The van der Waals surface area contributed by atoms with E-state index in [1.165, 1.54) is 5.56 Å². The highest BCUT2D eigenvalue weighted by atomic mass is 16.4. The summed E-state index contributed by atoms with van der Waals surface area (Å²) in [7, 11) is 0. The number of carbonyl (C=O) groups is 2. The minimum absolute atomic E-state index is 0.0653. The lowest BCUT2D eigenvalue weighted by molar-refractivity contribution is -0.137. The number of carbonyl (C=O) groups excluding carboxylic acids is 1. The quantitative estimate of drug-likeness (QED) is 0.389. The number of hydrogen-bond donors (Lipinski definition) is 3. The van der Waals surface area contributed by atoms with Gasteiger partial charge in [0, 0.05) is 31.9 Å². The highest BCUT2D eigenvalue weighted by Gasteiger charge is 2.27. The highest BCUT2D eigenvalue weighted by molar-refractivity contribution is 5.75. The Hall–Kier alpha value is -3.87. The Morgan fingerprint density at radius 1 is 1.05 bits per heavy atom. The second-order valence-electron chi connectivity index (χ2n) is 9.96. The van der Waals surface area contributed by atoms with Crippen molar-refractivity contribution in [1.82, 2.24) is 15.2 Å². The van der Waals surface area contributed by atoms with Gasteiger partial charge in [-0.15, -0.1) is 0 Å². The number of anilines is 1. The van der Waals surface area contributed by atoms with Gasteiger partial charge in [-0.05, 0) is 78.0 Å². The number of aromatic nitrogens is 1. The van der Waals surface area contributed by atoms with Gasteiger partial charge in [-0.25, -0.2) is 9.78 Å². The monoisotopic (exact) mass is 498 g/mol. The smallest absolute Gasteiger partial charge is 0.317 e. The summed E-state index contributed by atoms with van der Waals surface area (Å²) in [4.78, 5) is 31.2. The first-order valence-electron chi connectivity index (χ1n) is 13.2. The van der Waals surface area contributed by atoms with Gasteiger partial charge in [-0.3, -0.25) is 4.79 Å². The Balaban J connectivity index is 1.23. The van der Waals surface area contributed by atoms with Crippen LogP contribution >= 0.6 is 0 Å². The zero-order valence-electron chi connectivity index (χ0n) is 21.1. The van der Waals surface area contributed by atoms with Gasteiger partial charge in [0.05, 0.1) is 6.42 Å². The van der Waals surface area contributed by atoms with E-state index in [2.05, 4.69) is 47.0 Å². The summed E-state index contributed by atoms with van der Waals surface area (Å²) >= 11 is 0. The number of hydrogen-bond acceptors (Lipinski definition) is 4. The first-order valence-corrected chi connectivity index (χ1v) is 13.2. The maximum Gasteiger partial charge on any atom is 0.317 e. The predicted octanol–water partition coefficient (Wildman–Crippen LogP) is 5.21. The number of carboxylic acid groups (broad SMARTS) is 1. The molecule has 2 aromatic carbocycles. The molecule has 2 aliphatic rings. The number of rotatable bonds is 7. The van der Waals surface area contributed by atoms with E-state index in [-0.39, 0.29) is 18.4 Å². The Morgan fingerprint density at radius 3 is 2.76 bits per heavy atom. The minimum atomic E-state index is -0.813. The van der Waals surface area contributed by atoms with E-state index < -0.39 is 5.97 Å². The third-order valence-corrected chi connectivity index (χ3v) is 7.34. The topological polar surface area (TPSA) is 94.6 Å². The molecule has 1 atom stereocenters. The van der Waals surface area contributed by atoms with E-state index in [4.69, 9.17) is 4.98 Å². The number of fused-ring (bicyclic) bond motifs is 2. The van der Waals surface area contributed by atoms with Crippen LogP contribution in [0.3, 0.4) is 0 Å². The fourth-order valence-electron chi connectivity index (χ4n) is 5.38. The van der Waals surface area contributed by atoms with Gasteiger partial charge in [0.15, 0.2) is 0 Å². The van der Waals surface area contributed by atoms with Crippen molar-refractivity contribution >= 4 is 17.8 Å². The lowest BCUT2D eigenvalue weighted by Gasteiger charge is -2.22. The summed E-state index contributed by atoms with van der Waals surface area (Å²) in [5, 5.41) is 15.9. The first-order chi connectivity index (χ1) is 18.1. The normalized spacial score (nSPS) is 16.6. The number of carboxylic acids is 1. The summed E-state index contributed by atoms with van der Waals surface area (Å²) in [5.41, 5.74) is 6.54. The summed E-state index contributed by atoms with van der Waals surface area (Å²) in [5.74, 6) is 0.0765. The maximum absolute atomic E-state index is 13.1. The van der Waals surface area contributed by atoms with E-state index in [9.17, 15) is 14.7 Å². The molecule has 3 N–H and O–H groups in total. The number of urea groups is 1. The lowest BCUT2D eigenvalue weighted by atomic mass is 9.88. The molecule has 0 saturated heterocycles. The number of benzene rings is 2. The van der Waals surface area contributed by atoms with Crippen LogP contribution in [0.2, 0.25) is 0 Å². The van der Waals surface area contributed by atoms with Crippen LogP contribution in [0, 0.1) is 0 Å². The minimum Gasteiger partial charge on any atom is -0.481 e. The first kappa shape index (κ1) is 24.8. The summed E-state index contributed by atoms with van der Waals surface area (Å²) in [6, 6.07) is 20.5. The van der Waals surface area contributed by atoms with Crippen molar-refractivity contribution in [2.24, 2.45) is 0 Å². The zero-order chi connectivity index (χ0) is 25.6. The average Bonchev–Trinajstić information content (AvgIpc) is 3.10. The van der Waals surface area contributed by atoms with Crippen molar-refractivity contribution in [3.63, 3.8) is 0 Å². The van der Waals surface area contributed by atoms with Crippen LogP contribution < -0.4 is 10.6 Å². The average molecular weight is 499 g/mol. The van der Waals surface area contributed by atoms with E-state index in [1.807, 2.05) is 29.2 Å². The van der Waals surface area contributed by atoms with Crippen molar-refractivity contribution in [1.29, 1.82) is 0 Å². The molecule has 0 radical (unpaired) electrons. The molecular formula is C30H34N4O3. The number of pyridine rings is 1. The van der Waals surface area contributed by atoms with Crippen molar-refractivity contribution in [2.45, 2.75) is 51.0 Å². The van der Waals surface area contributed by atoms with Crippen molar-refractivity contribution < 1.29 is 14.7 Å². The molecule has 0 fully saturated rings. The second kappa shape index (κ2) is 11.5. The van der Waals surface area contributed by atoms with Crippen LogP contribution in [0.1, 0.15) is 54.0 Å². The van der Waals surface area contributed by atoms with Gasteiger partial charge >= 0.3 is 12.0 Å². The highest BCUT2D eigenvalue weighted by Crippen LogP contribution is 2.34. The van der Waals surface area contributed by atoms with Gasteiger partial charge in [0.1, 0.15) is 5.82 Å². The predicted molar refractivity (Wildman–Crippen MR) is 145 cm³/mol. The van der Waals surface area contributed by atoms with Crippen molar-refractivity contribution in [3.8, 4) is 11.1 Å². The molecule has 192 valence electrons. The number of amides is 2. The standard InChI is InChI=1S/C30H34N4O3/c35-28(36)19-24-14-17-34(20-25-18-23(11-13-27(24)25)21-6-2-1-3-7-21)30(37)32-16-5-9-26-12-10-22-8-4-15-31-29(22)33-26/h1-3,6-7,10-13,18,24H,4-5,8-9,14-17,19-20H2,(H,31,33)(H,32,37)(H,35,36). The SMILES string of the molecule is O=C(O)CC1CCN(C(=O)NCCCc2ccc3c(n2)NCCC3)Cc2cc(-c3ccccc3)ccc21. The van der Waals surface area contributed by atoms with E-state index in [1.54, 1.807) is 0 Å². The number of aryl methyl sites for hydroxylation is 2. The fraction of sp³-hybridized carbons (Fsp3) is 0.367. The van der Waals surface area contributed by atoms with Crippen molar-refractivity contribution in [3.05, 3.63) is 83.0 Å². The largest absolute Gasteiger partial charge is 0.481 e. The molecule has 2 aliphatic heterocycles. The Labute approximate surface area is 217 Å². The van der Waals surface area contributed by atoms with Gasteiger partial charge in [0.2, 0.25) is 0 Å². The van der Waals surface area contributed by atoms with Crippen LogP contribution in [-0.4, -0.2) is 46.6 Å². The third kappa shape index (κ3) is 6.10. The molecule has 2 amide bonds. The molecule has 0 aliphatic carbocycles. The molecule has 5 rings (SSSR count). The third-order valence-electron chi connectivity index (χ3n) is 7.34. The molecule has 0 bridgehead atoms. The van der Waals surface area contributed by atoms with Crippen molar-refractivity contribution in [2.75, 3.05) is 25.0 Å². The summed E-state index contributed by atoms with van der Waals surface area (Å²) in [6.07, 6.45) is 4.52. The summed E-state index contributed by atoms with van der Waals surface area (Å²) in [6.45, 7) is 2.53. The van der Waals surface area contributed by atoms with E-state index in [0.717, 1.165) is 66.0 Å². The van der Waals surface area contributed by atoms with Gasteiger partial charge in [0.25, 0.3) is 0 Å². The van der Waals surface area contributed by atoms with Crippen LogP contribution in [0.5, 0.6) is 0 Å². The molecular weight excluding hydrogens is 464 g/mol. The molecule has 0 saturated carbocycles. The second-order valence-corrected chi connectivity index (χ2v) is 9.96. The molecule has 1 unspecified atom stereocenters. The molecule has 37 heavy (non-hydrogen) atoms. The van der Waals surface area contributed by atoms with Gasteiger partial charge in [-0.1, -0.05) is 48.5 Å². The molecule has 7 heteroatoms. The van der Waals surface area contributed by atoms with E-state index in [0.29, 0.717) is 26.1 Å². The Morgan fingerprint density at radius 2 is 1.92 bits per heavy atom. The molecule has 3 heterocycles. The molecule has 3 aromatic rings. The van der Waals surface area contributed by atoms with Gasteiger partial charge in [-0.2, -0.15) is 0 Å². The fourth-order valence-corrected chi connectivity index (χ4v) is 5.38. The number of aliphatic carboxylic acids is 1. The number of nitrogens with one attached hydrogen (secondary N) is 2. The molecule has 7 nitrogen and oxygen atoms in total. The molecule has 0 spiro atoms. The van der Waals surface area contributed by atoms with Gasteiger partial charge < -0.3 is 20.6 Å². The van der Waals surface area contributed by atoms with Crippen LogP contribution in [0.15, 0.2) is 60.7 Å². The van der Waals surface area contributed by atoms with E-state index >= 15 is 0 Å². The van der Waals surface area contributed by atoms with Crippen LogP contribution in [-0.2, 0) is 24.2 Å². The molecule has 1 aromatic heterocycles. The Kier molecular flexibility index (Phi) is 7.68.